The Morgan fingerprint density at radius 2 is 0.867 bits per heavy atom. The fraction of sp³-hybridized carbons (Fsp3) is 0.235. The number of ether oxygens (including phenoxy) is 2. The van der Waals surface area contributed by atoms with Crippen LogP contribution < -0.4 is 9.47 Å². The SMILES string of the molecule is O=C(c1ccc(OC(F)(F)C(F)(F)Br)cc1)c1ccc(OC(F)(F)C(F)(F)Br)cc1. The fourth-order valence-electron chi connectivity index (χ4n) is 1.93. The number of hydrogen-bond acceptors (Lipinski definition) is 3. The van der Waals surface area contributed by atoms with Crippen LogP contribution in [0.1, 0.15) is 15.9 Å². The summed E-state index contributed by atoms with van der Waals surface area (Å²) in [6.07, 6.45) is -9.72. The van der Waals surface area contributed by atoms with Crippen LogP contribution in [0.2, 0.25) is 0 Å². The van der Waals surface area contributed by atoms with Crippen LogP contribution >= 0.6 is 31.9 Å². The Hall–Kier alpha value is -1.89. The first-order valence-electron chi connectivity index (χ1n) is 7.55. The average Bonchev–Trinajstić information content (AvgIpc) is 2.60. The van der Waals surface area contributed by atoms with Crippen molar-refractivity contribution in [2.24, 2.45) is 0 Å². The van der Waals surface area contributed by atoms with Gasteiger partial charge in [0.2, 0.25) is 0 Å². The van der Waals surface area contributed by atoms with Crippen molar-refractivity contribution in [1.82, 2.24) is 0 Å². The molecule has 0 radical (unpaired) electrons. The van der Waals surface area contributed by atoms with Gasteiger partial charge in [-0.1, -0.05) is 0 Å². The highest BCUT2D eigenvalue weighted by Gasteiger charge is 2.58. The molecule has 0 aliphatic carbocycles. The molecule has 0 amide bonds. The van der Waals surface area contributed by atoms with Crippen LogP contribution in [0.5, 0.6) is 11.5 Å². The molecule has 3 nitrogen and oxygen atoms in total. The molecule has 0 saturated heterocycles. The van der Waals surface area contributed by atoms with E-state index in [9.17, 15) is 39.9 Å². The van der Waals surface area contributed by atoms with Gasteiger partial charge in [-0.2, -0.15) is 35.1 Å². The van der Waals surface area contributed by atoms with Gasteiger partial charge < -0.3 is 9.47 Å². The van der Waals surface area contributed by atoms with Gasteiger partial charge in [-0.05, 0) is 48.5 Å². The Kier molecular flexibility index (Phi) is 6.77. The molecule has 0 heterocycles. The van der Waals surface area contributed by atoms with Gasteiger partial charge in [0.1, 0.15) is 11.5 Å². The smallest absolute Gasteiger partial charge is 0.427 e. The highest BCUT2D eigenvalue weighted by Crippen LogP contribution is 2.41. The lowest BCUT2D eigenvalue weighted by atomic mass is 10.0. The molecule has 0 fully saturated rings. The number of carbonyl (C=O) groups is 1. The Balaban J connectivity index is 2.12. The Morgan fingerprint density at radius 3 is 1.10 bits per heavy atom. The lowest BCUT2D eigenvalue weighted by Crippen LogP contribution is -2.40. The molecular formula is C17H8Br2F8O3. The number of ketones is 1. The summed E-state index contributed by atoms with van der Waals surface area (Å²) in [7, 11) is 0. The molecule has 0 unspecified atom stereocenters. The summed E-state index contributed by atoms with van der Waals surface area (Å²) in [5, 5.41) is 0. The van der Waals surface area contributed by atoms with Gasteiger partial charge in [0.05, 0.1) is 0 Å². The predicted molar refractivity (Wildman–Crippen MR) is 95.2 cm³/mol. The highest BCUT2D eigenvalue weighted by atomic mass is 79.9. The molecule has 0 aliphatic heterocycles. The van der Waals surface area contributed by atoms with Gasteiger partial charge in [0.25, 0.3) is 0 Å². The summed E-state index contributed by atoms with van der Waals surface area (Å²) in [5.74, 6) is -2.02. The van der Waals surface area contributed by atoms with E-state index < -0.39 is 39.2 Å². The minimum absolute atomic E-state index is 0.0812. The molecule has 0 atom stereocenters. The van der Waals surface area contributed by atoms with Crippen LogP contribution in [0.15, 0.2) is 48.5 Å². The van der Waals surface area contributed by atoms with E-state index in [1.54, 1.807) is 0 Å². The first-order valence-corrected chi connectivity index (χ1v) is 9.14. The maximum absolute atomic E-state index is 13.2. The molecule has 2 aromatic carbocycles. The zero-order valence-corrected chi connectivity index (χ0v) is 17.3. The second-order valence-corrected chi connectivity index (χ2v) is 7.60. The average molecular weight is 572 g/mol. The third-order valence-electron chi connectivity index (χ3n) is 3.39. The molecular weight excluding hydrogens is 564 g/mol. The maximum Gasteiger partial charge on any atom is 0.475 e. The molecule has 0 N–H and O–H groups in total. The van der Waals surface area contributed by atoms with Crippen molar-refractivity contribution in [3.63, 3.8) is 0 Å². The van der Waals surface area contributed by atoms with Crippen molar-refractivity contribution in [2.75, 3.05) is 0 Å². The van der Waals surface area contributed by atoms with E-state index in [4.69, 9.17) is 0 Å². The Labute approximate surface area is 180 Å². The standard InChI is InChI=1S/C17H8Br2F8O3/c18-14(20,21)16(24,25)29-11-5-1-9(2-6-11)13(28)10-3-7-12(8-4-10)30-17(26,27)15(19,22)23/h1-8H. The Morgan fingerprint density at radius 1 is 0.600 bits per heavy atom. The number of hydrogen-bond donors (Lipinski definition) is 0. The van der Waals surface area contributed by atoms with Crippen molar-refractivity contribution in [3.8, 4) is 11.5 Å². The number of benzene rings is 2. The first-order chi connectivity index (χ1) is 13.5. The van der Waals surface area contributed by atoms with Crippen molar-refractivity contribution >= 4 is 37.6 Å². The minimum Gasteiger partial charge on any atom is -0.427 e. The van der Waals surface area contributed by atoms with E-state index in [1.165, 1.54) is 31.9 Å². The van der Waals surface area contributed by atoms with Crippen LogP contribution in [0.3, 0.4) is 0 Å². The summed E-state index contributed by atoms with van der Waals surface area (Å²) < 4.78 is 111. The zero-order valence-electron chi connectivity index (χ0n) is 14.1. The van der Waals surface area contributed by atoms with Crippen molar-refractivity contribution in [3.05, 3.63) is 59.7 Å². The van der Waals surface area contributed by atoms with E-state index in [0.717, 1.165) is 48.5 Å². The molecule has 13 heteroatoms. The van der Waals surface area contributed by atoms with E-state index in [0.29, 0.717) is 0 Å². The summed E-state index contributed by atoms with van der Waals surface area (Å²) in [6, 6.07) is 7.39. The number of halogens is 10. The zero-order chi connectivity index (χ0) is 23.0. The second-order valence-electron chi connectivity index (χ2n) is 5.61. The monoisotopic (exact) mass is 570 g/mol. The lowest BCUT2D eigenvalue weighted by molar-refractivity contribution is -0.266. The van der Waals surface area contributed by atoms with Crippen LogP contribution in [0.25, 0.3) is 0 Å². The molecule has 164 valence electrons. The van der Waals surface area contributed by atoms with E-state index in [2.05, 4.69) is 9.47 Å². The van der Waals surface area contributed by atoms with Crippen LogP contribution in [0.4, 0.5) is 35.1 Å². The van der Waals surface area contributed by atoms with Gasteiger partial charge in [-0.15, -0.1) is 0 Å². The molecule has 0 aromatic heterocycles. The van der Waals surface area contributed by atoms with Crippen LogP contribution in [0, 0.1) is 0 Å². The van der Waals surface area contributed by atoms with Crippen molar-refractivity contribution in [1.29, 1.82) is 0 Å². The van der Waals surface area contributed by atoms with Gasteiger partial charge in [0, 0.05) is 43.0 Å². The molecule has 0 bridgehead atoms. The van der Waals surface area contributed by atoms with Gasteiger partial charge in [-0.25, -0.2) is 0 Å². The highest BCUT2D eigenvalue weighted by molar-refractivity contribution is 9.10. The molecule has 0 spiro atoms. The molecule has 30 heavy (non-hydrogen) atoms. The summed E-state index contributed by atoms with van der Waals surface area (Å²) in [4.78, 5) is 3.06. The molecule has 2 aromatic rings. The van der Waals surface area contributed by atoms with E-state index in [1.807, 2.05) is 0 Å². The largest absolute Gasteiger partial charge is 0.475 e. The van der Waals surface area contributed by atoms with Crippen molar-refractivity contribution in [2.45, 2.75) is 21.9 Å². The summed E-state index contributed by atoms with van der Waals surface area (Å²) in [6.45, 7) is 0. The lowest BCUT2D eigenvalue weighted by Gasteiger charge is -2.22. The van der Waals surface area contributed by atoms with Gasteiger partial charge in [0.15, 0.2) is 5.78 Å². The number of carbonyl (C=O) groups excluding carboxylic acids is 1. The topological polar surface area (TPSA) is 35.5 Å². The quantitative estimate of drug-likeness (QED) is 0.198. The molecule has 0 aliphatic rings. The van der Waals surface area contributed by atoms with Gasteiger partial charge >= 0.3 is 21.9 Å². The van der Waals surface area contributed by atoms with Crippen LogP contribution in [-0.2, 0) is 0 Å². The maximum atomic E-state index is 13.2. The summed E-state index contributed by atoms with van der Waals surface area (Å²) >= 11 is 2.99. The van der Waals surface area contributed by atoms with Gasteiger partial charge in [-0.3, -0.25) is 4.79 Å². The summed E-state index contributed by atoms with van der Waals surface area (Å²) in [5.41, 5.74) is -0.162. The minimum atomic E-state index is -4.86. The Bertz CT molecular complexity index is 818. The predicted octanol–water partition coefficient (Wildman–Crippen LogP) is 6.84. The second kappa shape index (κ2) is 8.33. The number of rotatable bonds is 8. The third kappa shape index (κ3) is 5.62. The fourth-order valence-corrected chi connectivity index (χ4v) is 2.09. The van der Waals surface area contributed by atoms with E-state index >= 15 is 0 Å². The third-order valence-corrected chi connectivity index (χ3v) is 4.31. The van der Waals surface area contributed by atoms with E-state index in [-0.39, 0.29) is 11.1 Å². The van der Waals surface area contributed by atoms with Crippen molar-refractivity contribution < 1.29 is 49.4 Å². The van der Waals surface area contributed by atoms with Crippen LogP contribution in [-0.4, -0.2) is 27.7 Å². The molecule has 0 saturated carbocycles. The molecule has 2 rings (SSSR count). The normalized spacial score (nSPS) is 13.1. The first kappa shape index (κ1) is 24.4. The number of alkyl halides is 10.